The van der Waals surface area contributed by atoms with Crippen molar-refractivity contribution >= 4 is 41.0 Å². The van der Waals surface area contributed by atoms with E-state index in [9.17, 15) is 19.8 Å². The lowest BCUT2D eigenvalue weighted by Crippen LogP contribution is -2.53. The fraction of sp³-hybridized carbons (Fsp3) is 0.483. The number of rotatable bonds is 16. The van der Waals surface area contributed by atoms with Crippen LogP contribution in [0.15, 0.2) is 101 Å². The summed E-state index contributed by atoms with van der Waals surface area (Å²) in [6.45, 7) is 13.0. The van der Waals surface area contributed by atoms with Crippen LogP contribution in [-0.4, -0.2) is 140 Å². The van der Waals surface area contributed by atoms with Gasteiger partial charge in [-0.1, -0.05) is 56.7 Å². The van der Waals surface area contributed by atoms with Crippen molar-refractivity contribution in [1.29, 1.82) is 0 Å². The van der Waals surface area contributed by atoms with Gasteiger partial charge in [0.05, 0.1) is 40.3 Å². The number of piperidine rings is 1. The van der Waals surface area contributed by atoms with Crippen LogP contribution in [0.2, 0.25) is 0 Å². The van der Waals surface area contributed by atoms with Crippen molar-refractivity contribution in [2.75, 3.05) is 50.8 Å². The number of thiazole rings is 1. The molecule has 20 nitrogen and oxygen atoms in total. The van der Waals surface area contributed by atoms with Gasteiger partial charge in [0.1, 0.15) is 36.1 Å². The summed E-state index contributed by atoms with van der Waals surface area (Å²) < 4.78 is 17.1. The number of phenolic OH excluding ortho intramolecular Hbond substituents is 1. The Hall–Kier alpha value is -7.36. The molecule has 426 valence electrons. The van der Waals surface area contributed by atoms with Crippen LogP contribution in [0.1, 0.15) is 114 Å². The van der Waals surface area contributed by atoms with Gasteiger partial charge >= 0.3 is 0 Å². The number of benzene rings is 2. The largest absolute Gasteiger partial charge is 0.507 e. The van der Waals surface area contributed by atoms with Crippen molar-refractivity contribution in [3.8, 4) is 28.0 Å². The number of aromatic nitrogens is 3. The third kappa shape index (κ3) is 16.1. The quantitative estimate of drug-likeness (QED) is 0.0389. The number of anilines is 1. The fourth-order valence-corrected chi connectivity index (χ4v) is 11.3. The lowest BCUT2D eigenvalue weighted by atomic mass is 9.96. The number of aryl methyl sites for hydroxylation is 1. The van der Waals surface area contributed by atoms with Gasteiger partial charge in [-0.2, -0.15) is 0 Å². The molecule has 10 rings (SSSR count). The van der Waals surface area contributed by atoms with Gasteiger partial charge in [0, 0.05) is 86.6 Å². The maximum Gasteiger partial charge on any atom is 0.290 e. The Morgan fingerprint density at radius 1 is 0.911 bits per heavy atom. The number of aliphatic hydroxyl groups excluding tert-OH is 1. The highest BCUT2D eigenvalue weighted by Crippen LogP contribution is 2.38. The second-order valence-corrected chi connectivity index (χ2v) is 21.4. The van der Waals surface area contributed by atoms with E-state index in [0.29, 0.717) is 72.2 Å². The number of likely N-dealkylation sites (tertiary alicyclic amines) is 3. The van der Waals surface area contributed by atoms with Gasteiger partial charge in [0.15, 0.2) is 0 Å². The Balaban J connectivity index is 0.000000211. The number of nitrogens with two attached hydrogens (primary N) is 3. The highest BCUT2D eigenvalue weighted by Gasteiger charge is 2.41. The van der Waals surface area contributed by atoms with Crippen LogP contribution in [0.4, 0.5) is 5.69 Å². The predicted molar refractivity (Wildman–Crippen MR) is 305 cm³/mol. The molecule has 2 amide bonds. The number of carbonyl (C=O) groups is 3. The summed E-state index contributed by atoms with van der Waals surface area (Å²) in [7, 11) is 0. The summed E-state index contributed by atoms with van der Waals surface area (Å²) in [5.74, 6) is 1.52. The summed E-state index contributed by atoms with van der Waals surface area (Å²) in [6, 6.07) is 20.9. The van der Waals surface area contributed by atoms with E-state index in [0.717, 1.165) is 105 Å². The molecular weight excluding hydrogens is 1030 g/mol. The molecule has 4 atom stereocenters. The first-order chi connectivity index (χ1) is 38.2. The van der Waals surface area contributed by atoms with Gasteiger partial charge in [-0.15, -0.1) is 11.3 Å². The third-order valence-electron chi connectivity index (χ3n) is 14.7. The molecule has 5 aromatic rings. The molecule has 2 bridgehead atoms. The highest BCUT2D eigenvalue weighted by molar-refractivity contribution is 7.13. The number of pyridine rings is 1. The molecule has 3 aromatic heterocycles. The first kappa shape index (κ1) is 59.3. The minimum absolute atomic E-state index is 0.0260. The second-order valence-electron chi connectivity index (χ2n) is 20.6. The van der Waals surface area contributed by atoms with E-state index in [-0.39, 0.29) is 48.4 Å². The van der Waals surface area contributed by atoms with Crippen molar-refractivity contribution in [1.82, 2.24) is 35.1 Å². The van der Waals surface area contributed by atoms with Gasteiger partial charge in [-0.3, -0.25) is 19.3 Å². The number of fused-ring (bicyclic) bond motifs is 2. The van der Waals surface area contributed by atoms with E-state index in [1.807, 2.05) is 43.8 Å². The number of hydrogen-bond acceptors (Lipinski definition) is 18. The normalized spacial score (nSPS) is 19.5. The summed E-state index contributed by atoms with van der Waals surface area (Å²) in [6.07, 6.45) is 13.6. The molecule has 79 heavy (non-hydrogen) atoms. The molecule has 1 aliphatic carbocycles. The van der Waals surface area contributed by atoms with Gasteiger partial charge in [-0.25, -0.2) is 9.97 Å². The molecule has 21 heteroatoms. The number of nitrogens with one attached hydrogen (secondary N) is 1. The van der Waals surface area contributed by atoms with Crippen molar-refractivity contribution in [3.05, 3.63) is 119 Å². The number of para-hydroxylation sites is 1. The summed E-state index contributed by atoms with van der Waals surface area (Å²) in [5, 5.41) is 33.7. The molecular formula is C58H79N11O9S. The van der Waals surface area contributed by atoms with Crippen molar-refractivity contribution in [2.45, 2.75) is 135 Å². The standard InChI is InChI=1S/C29H37N5O5S.C25H32N6O2.C3H8.CH2O2/c1-19(21-5-7-22(8-6-21)28-20(2)30-18-40-28)31-29(37)25-4-3-11-34(25)27(36)17-24-16-26(32-39-24)38-15-14-33-12-9-23(35)10-13-33;26-21(20-6-1-2-7-23(20)32)13-22(25(27)28)30-14-17-8-9-18(15-30)31(17)16-10-11-29-24(12-16)33-19-4-3-5-19;1-3-2;2-1-3/h5-8,16,18-19,23,25,35H,3-4,9-15,17H2,1-2H3,(H,31,37);1-2,6-7,10-13,17-19,32H,3-5,8-9,14-15,26-28H2;3H2,1-2H3;1H,(H,2,3)/b;21-13-;;. The average Bonchev–Trinajstić information content (AvgIpc) is 4.31. The van der Waals surface area contributed by atoms with E-state index in [1.165, 1.54) is 12.8 Å². The first-order valence-corrected chi connectivity index (χ1v) is 28.4. The Morgan fingerprint density at radius 2 is 1.61 bits per heavy atom. The number of carbonyl (C=O) groups excluding carboxylic acids is 2. The lowest BCUT2D eigenvalue weighted by molar-refractivity contribution is -0.138. The topological polar surface area (TPSA) is 285 Å². The molecule has 5 aliphatic rings. The van der Waals surface area contributed by atoms with Crippen LogP contribution < -0.4 is 36.9 Å². The Bertz CT molecular complexity index is 2790. The zero-order valence-corrected chi connectivity index (χ0v) is 46.7. The maximum atomic E-state index is 13.2. The number of carboxylic acid groups (broad SMARTS) is 1. The predicted octanol–water partition coefficient (Wildman–Crippen LogP) is 6.93. The minimum atomic E-state index is -0.504. The number of aliphatic hydroxyl groups is 1. The summed E-state index contributed by atoms with van der Waals surface area (Å²) in [4.78, 5) is 53.1. The molecule has 5 fully saturated rings. The van der Waals surface area contributed by atoms with Crippen LogP contribution in [-0.2, 0) is 20.8 Å². The van der Waals surface area contributed by atoms with Crippen LogP contribution in [0.3, 0.4) is 0 Å². The highest BCUT2D eigenvalue weighted by atomic mass is 32.1. The number of phenols is 1. The molecule has 4 unspecified atom stereocenters. The smallest absolute Gasteiger partial charge is 0.290 e. The number of hydrogen-bond donors (Lipinski definition) is 7. The average molecular weight is 1110 g/mol. The first-order valence-electron chi connectivity index (χ1n) is 27.5. The van der Waals surface area contributed by atoms with Gasteiger partial charge < -0.3 is 66.5 Å². The number of ether oxygens (including phenoxy) is 2. The van der Waals surface area contributed by atoms with E-state index in [1.54, 1.807) is 46.6 Å². The number of aromatic hydroxyl groups is 1. The van der Waals surface area contributed by atoms with E-state index in [4.69, 9.17) is 41.1 Å². The molecule has 4 aliphatic heterocycles. The van der Waals surface area contributed by atoms with Crippen LogP contribution in [0.25, 0.3) is 16.1 Å². The zero-order chi connectivity index (χ0) is 56.4. The molecule has 0 radical (unpaired) electrons. The molecule has 1 saturated carbocycles. The van der Waals surface area contributed by atoms with Crippen molar-refractivity contribution in [3.63, 3.8) is 0 Å². The number of allylic oxidation sites excluding steroid dienone is 1. The Morgan fingerprint density at radius 3 is 2.24 bits per heavy atom. The van der Waals surface area contributed by atoms with Crippen LogP contribution >= 0.6 is 11.3 Å². The van der Waals surface area contributed by atoms with Gasteiger partial charge in [-0.05, 0) is 112 Å². The van der Waals surface area contributed by atoms with Gasteiger partial charge in [0.2, 0.25) is 17.7 Å². The fourth-order valence-electron chi connectivity index (χ4n) is 10.5. The van der Waals surface area contributed by atoms with Gasteiger partial charge in [0.25, 0.3) is 12.4 Å². The molecule has 10 N–H and O–H groups in total. The van der Waals surface area contributed by atoms with Crippen molar-refractivity contribution in [2.24, 2.45) is 17.2 Å². The Labute approximate surface area is 467 Å². The monoisotopic (exact) mass is 1110 g/mol. The van der Waals surface area contributed by atoms with Crippen LogP contribution in [0, 0.1) is 6.92 Å². The lowest BCUT2D eigenvalue weighted by Gasteiger charge is -2.44. The summed E-state index contributed by atoms with van der Waals surface area (Å²) >= 11 is 1.61. The van der Waals surface area contributed by atoms with E-state index >= 15 is 0 Å². The zero-order valence-electron chi connectivity index (χ0n) is 45.9. The maximum absolute atomic E-state index is 13.2. The number of nitrogens with zero attached hydrogens (tertiary/aromatic N) is 7. The summed E-state index contributed by atoms with van der Waals surface area (Å²) in [5.41, 5.74) is 26.3. The molecule has 7 heterocycles. The number of piperazine rings is 1. The van der Waals surface area contributed by atoms with E-state index in [2.05, 4.69) is 73.3 Å². The Kier molecular flexibility index (Phi) is 21.8. The molecule has 0 spiro atoms. The SMILES string of the molecule is CCC.Cc1ncsc1-c1ccc(C(C)NC(=O)C2CCCN2C(=O)Cc2cc(OCCN3CCC(O)CC3)no2)cc1.NC(N)=C(/C=C(\N)c1ccccc1O)N1CC2CCC(C1)N2c1ccnc(OC2CCC2)c1.O=CO. The minimum Gasteiger partial charge on any atom is -0.507 e. The molecule has 2 aromatic carbocycles. The van der Waals surface area contributed by atoms with E-state index < -0.39 is 6.04 Å². The number of amides is 2. The second kappa shape index (κ2) is 29.0. The van der Waals surface area contributed by atoms with Crippen LogP contribution in [0.5, 0.6) is 17.5 Å². The van der Waals surface area contributed by atoms with Crippen molar-refractivity contribution < 1.29 is 43.7 Å². The third-order valence-corrected chi connectivity index (χ3v) is 15.7. The molecule has 4 saturated heterocycles.